The lowest BCUT2D eigenvalue weighted by atomic mass is 9.95. The standard InChI is InChI=1S/C21H24N4O2/c26-19-13-7-8-14-24(19)15-18-22-21(20(27)16-9-3-1-4-10-16)23-25(18)17-11-5-2-6-12-17/h1,3-4,7-10,13-14,17,20,27H,2,5-6,11-12,15H2/t20-/m0/s1. The van der Waals surface area contributed by atoms with Gasteiger partial charge in [-0.25, -0.2) is 9.67 Å². The Labute approximate surface area is 158 Å². The smallest absolute Gasteiger partial charge is 0.250 e. The molecule has 1 saturated carbocycles. The Morgan fingerprint density at radius 3 is 2.52 bits per heavy atom. The van der Waals surface area contributed by atoms with Crippen LogP contribution in [0.5, 0.6) is 0 Å². The highest BCUT2D eigenvalue weighted by atomic mass is 16.3. The Morgan fingerprint density at radius 2 is 1.78 bits per heavy atom. The molecule has 1 aromatic carbocycles. The van der Waals surface area contributed by atoms with Crippen LogP contribution in [-0.4, -0.2) is 24.4 Å². The number of aliphatic hydroxyl groups is 1. The van der Waals surface area contributed by atoms with Crippen LogP contribution in [0.25, 0.3) is 0 Å². The summed E-state index contributed by atoms with van der Waals surface area (Å²) in [4.78, 5) is 16.8. The summed E-state index contributed by atoms with van der Waals surface area (Å²) in [5.74, 6) is 1.12. The van der Waals surface area contributed by atoms with Crippen LogP contribution in [0.3, 0.4) is 0 Å². The molecule has 2 aromatic heterocycles. The first kappa shape index (κ1) is 17.7. The van der Waals surface area contributed by atoms with E-state index in [0.717, 1.165) is 24.2 Å². The predicted octanol–water partition coefficient (Wildman–Crippen LogP) is 3.08. The largest absolute Gasteiger partial charge is 0.380 e. The summed E-state index contributed by atoms with van der Waals surface area (Å²) in [5, 5.41) is 15.4. The summed E-state index contributed by atoms with van der Waals surface area (Å²) >= 11 is 0. The molecule has 6 nitrogen and oxygen atoms in total. The van der Waals surface area contributed by atoms with Crippen LogP contribution in [0.4, 0.5) is 0 Å². The van der Waals surface area contributed by atoms with Crippen LogP contribution >= 0.6 is 0 Å². The van der Waals surface area contributed by atoms with Crippen LogP contribution in [0.2, 0.25) is 0 Å². The summed E-state index contributed by atoms with van der Waals surface area (Å²) in [7, 11) is 0. The van der Waals surface area contributed by atoms with E-state index in [9.17, 15) is 9.90 Å². The molecule has 140 valence electrons. The number of rotatable bonds is 5. The van der Waals surface area contributed by atoms with Crippen molar-refractivity contribution in [1.29, 1.82) is 0 Å². The van der Waals surface area contributed by atoms with Crippen molar-refractivity contribution in [3.63, 3.8) is 0 Å². The molecular formula is C21H24N4O2. The summed E-state index contributed by atoms with van der Waals surface area (Å²) in [6, 6.07) is 14.8. The van der Waals surface area contributed by atoms with Gasteiger partial charge in [-0.2, -0.15) is 5.10 Å². The van der Waals surface area contributed by atoms with Crippen LogP contribution < -0.4 is 5.56 Å². The predicted molar refractivity (Wildman–Crippen MR) is 102 cm³/mol. The molecule has 1 atom stereocenters. The molecular weight excluding hydrogens is 340 g/mol. The molecule has 3 aromatic rings. The van der Waals surface area contributed by atoms with Gasteiger partial charge in [0, 0.05) is 12.3 Å². The van der Waals surface area contributed by atoms with Crippen molar-refractivity contribution in [1.82, 2.24) is 19.3 Å². The molecule has 1 aliphatic carbocycles. The summed E-state index contributed by atoms with van der Waals surface area (Å²) < 4.78 is 3.57. The van der Waals surface area contributed by atoms with E-state index in [2.05, 4.69) is 10.1 Å². The highest BCUT2D eigenvalue weighted by Crippen LogP contribution is 2.29. The zero-order valence-corrected chi connectivity index (χ0v) is 15.2. The topological polar surface area (TPSA) is 72.9 Å². The van der Waals surface area contributed by atoms with E-state index in [1.807, 2.05) is 41.1 Å². The Hall–Kier alpha value is -2.73. The number of nitrogens with zero attached hydrogens (tertiary/aromatic N) is 4. The first-order valence-corrected chi connectivity index (χ1v) is 9.56. The Balaban J connectivity index is 1.70. The lowest BCUT2D eigenvalue weighted by Crippen LogP contribution is -2.23. The normalized spacial score (nSPS) is 16.3. The second kappa shape index (κ2) is 7.88. The Kier molecular flexibility index (Phi) is 5.16. The summed E-state index contributed by atoms with van der Waals surface area (Å²) in [5.41, 5.74) is 0.697. The number of pyridine rings is 1. The monoisotopic (exact) mass is 364 g/mol. The second-order valence-electron chi connectivity index (χ2n) is 7.10. The van der Waals surface area contributed by atoms with Crippen molar-refractivity contribution >= 4 is 0 Å². The molecule has 0 spiro atoms. The quantitative estimate of drug-likeness (QED) is 0.755. The fourth-order valence-corrected chi connectivity index (χ4v) is 3.74. The number of hydrogen-bond donors (Lipinski definition) is 1. The van der Waals surface area contributed by atoms with E-state index in [4.69, 9.17) is 0 Å². The van der Waals surface area contributed by atoms with Gasteiger partial charge in [-0.05, 0) is 24.5 Å². The summed E-state index contributed by atoms with van der Waals surface area (Å²) in [6.07, 6.45) is 6.59. The molecule has 0 bridgehead atoms. The molecule has 0 saturated heterocycles. The zero-order valence-electron chi connectivity index (χ0n) is 15.2. The fraction of sp³-hybridized carbons (Fsp3) is 0.381. The van der Waals surface area contributed by atoms with Gasteiger partial charge in [0.05, 0.1) is 12.6 Å². The molecule has 1 N–H and O–H groups in total. The van der Waals surface area contributed by atoms with Crippen LogP contribution in [0.15, 0.2) is 59.5 Å². The van der Waals surface area contributed by atoms with E-state index in [0.29, 0.717) is 12.4 Å². The third-order valence-electron chi connectivity index (χ3n) is 5.21. The Bertz CT molecular complexity index is 942. The average molecular weight is 364 g/mol. The van der Waals surface area contributed by atoms with Crippen LogP contribution in [0.1, 0.15) is 61.5 Å². The molecule has 0 radical (unpaired) electrons. The molecule has 0 amide bonds. The number of benzene rings is 1. The molecule has 27 heavy (non-hydrogen) atoms. The molecule has 0 aliphatic heterocycles. The van der Waals surface area contributed by atoms with E-state index >= 15 is 0 Å². The van der Waals surface area contributed by atoms with E-state index in [1.165, 1.54) is 19.3 Å². The molecule has 1 aliphatic rings. The minimum atomic E-state index is -0.873. The number of hydrogen-bond acceptors (Lipinski definition) is 4. The van der Waals surface area contributed by atoms with Crippen LogP contribution in [0, 0.1) is 0 Å². The second-order valence-corrected chi connectivity index (χ2v) is 7.10. The minimum absolute atomic E-state index is 0.0687. The van der Waals surface area contributed by atoms with Gasteiger partial charge in [0.25, 0.3) is 5.56 Å². The summed E-state index contributed by atoms with van der Waals surface area (Å²) in [6.45, 7) is 0.352. The first-order valence-electron chi connectivity index (χ1n) is 9.56. The molecule has 4 rings (SSSR count). The van der Waals surface area contributed by atoms with E-state index in [1.54, 1.807) is 22.9 Å². The zero-order chi connectivity index (χ0) is 18.6. The van der Waals surface area contributed by atoms with E-state index in [-0.39, 0.29) is 11.6 Å². The first-order chi connectivity index (χ1) is 13.2. The maximum absolute atomic E-state index is 12.1. The molecule has 0 unspecified atom stereocenters. The molecule has 2 heterocycles. The molecule has 1 fully saturated rings. The fourth-order valence-electron chi connectivity index (χ4n) is 3.74. The van der Waals surface area contributed by atoms with Crippen molar-refractivity contribution in [2.75, 3.05) is 0 Å². The van der Waals surface area contributed by atoms with Gasteiger partial charge in [0.2, 0.25) is 0 Å². The maximum Gasteiger partial charge on any atom is 0.250 e. The van der Waals surface area contributed by atoms with Gasteiger partial charge < -0.3 is 9.67 Å². The van der Waals surface area contributed by atoms with E-state index < -0.39 is 6.10 Å². The van der Waals surface area contributed by atoms with Crippen molar-refractivity contribution in [3.05, 3.63) is 82.3 Å². The van der Waals surface area contributed by atoms with Crippen LogP contribution in [-0.2, 0) is 6.54 Å². The highest BCUT2D eigenvalue weighted by Gasteiger charge is 2.24. The highest BCUT2D eigenvalue weighted by molar-refractivity contribution is 5.22. The minimum Gasteiger partial charge on any atom is -0.380 e. The van der Waals surface area contributed by atoms with Gasteiger partial charge in [0.1, 0.15) is 11.9 Å². The van der Waals surface area contributed by atoms with Crippen molar-refractivity contribution in [3.8, 4) is 0 Å². The van der Waals surface area contributed by atoms with Gasteiger partial charge >= 0.3 is 0 Å². The van der Waals surface area contributed by atoms with Gasteiger partial charge in [0.15, 0.2) is 5.82 Å². The maximum atomic E-state index is 12.1. The number of aromatic nitrogens is 4. The average Bonchev–Trinajstić information content (AvgIpc) is 3.14. The molecule has 6 heteroatoms. The van der Waals surface area contributed by atoms with Crippen molar-refractivity contribution in [2.45, 2.75) is 50.8 Å². The van der Waals surface area contributed by atoms with Crippen molar-refractivity contribution < 1.29 is 5.11 Å². The SMILES string of the molecule is O=c1ccccn1Cc1nc([C@@H](O)c2ccccc2)nn1C1CCCCC1. The van der Waals surface area contributed by atoms with Gasteiger partial charge in [-0.15, -0.1) is 0 Å². The van der Waals surface area contributed by atoms with Gasteiger partial charge in [-0.1, -0.05) is 55.7 Å². The lowest BCUT2D eigenvalue weighted by molar-refractivity contribution is 0.208. The lowest BCUT2D eigenvalue weighted by Gasteiger charge is -2.23. The van der Waals surface area contributed by atoms with Gasteiger partial charge in [-0.3, -0.25) is 4.79 Å². The number of aliphatic hydroxyl groups excluding tert-OH is 1. The Morgan fingerprint density at radius 1 is 1.04 bits per heavy atom. The third kappa shape index (κ3) is 3.85. The third-order valence-corrected chi connectivity index (χ3v) is 5.21. The van der Waals surface area contributed by atoms with Crippen molar-refractivity contribution in [2.24, 2.45) is 0 Å².